The zero-order chi connectivity index (χ0) is 12.9. The van der Waals surface area contributed by atoms with Crippen molar-refractivity contribution in [2.75, 3.05) is 14.1 Å². The van der Waals surface area contributed by atoms with Crippen LogP contribution in [0.4, 0.5) is 0 Å². The lowest BCUT2D eigenvalue weighted by atomic mass is 9.91. The van der Waals surface area contributed by atoms with Crippen molar-refractivity contribution in [2.24, 2.45) is 0 Å². The van der Waals surface area contributed by atoms with Gasteiger partial charge in [0.25, 0.3) is 0 Å². The Balaban J connectivity index is 2.18. The fourth-order valence-corrected chi connectivity index (χ4v) is 3.58. The van der Waals surface area contributed by atoms with Gasteiger partial charge in [-0.2, -0.15) is 0 Å². The Bertz CT molecular complexity index is 603. The monoisotopic (exact) mass is 326 g/mol. The second-order valence-corrected chi connectivity index (χ2v) is 6.48. The van der Waals surface area contributed by atoms with Gasteiger partial charge >= 0.3 is 0 Å². The molecule has 4 heteroatoms. The molecule has 0 bridgehead atoms. The lowest BCUT2D eigenvalue weighted by Crippen LogP contribution is -2.33. The SMILES string of the molecule is CN(C)C1CCc2[nH]c3c(Br)ccc(Cl)c3c2C1. The first kappa shape index (κ1) is 12.5. The highest BCUT2D eigenvalue weighted by atomic mass is 79.9. The summed E-state index contributed by atoms with van der Waals surface area (Å²) in [5, 5.41) is 2.05. The molecule has 1 aliphatic rings. The molecule has 1 N–H and O–H groups in total. The van der Waals surface area contributed by atoms with Gasteiger partial charge in [0.15, 0.2) is 0 Å². The lowest BCUT2D eigenvalue weighted by Gasteiger charge is -2.28. The van der Waals surface area contributed by atoms with Gasteiger partial charge in [-0.3, -0.25) is 0 Å². The molecule has 0 radical (unpaired) electrons. The highest BCUT2D eigenvalue weighted by molar-refractivity contribution is 9.10. The van der Waals surface area contributed by atoms with Crippen molar-refractivity contribution in [3.63, 3.8) is 0 Å². The summed E-state index contributed by atoms with van der Waals surface area (Å²) in [7, 11) is 4.31. The average Bonchev–Trinajstić information content (AvgIpc) is 2.73. The van der Waals surface area contributed by atoms with Crippen LogP contribution in [0.25, 0.3) is 10.9 Å². The van der Waals surface area contributed by atoms with Crippen LogP contribution < -0.4 is 0 Å². The van der Waals surface area contributed by atoms with Crippen molar-refractivity contribution in [2.45, 2.75) is 25.3 Å². The third-order valence-corrected chi connectivity index (χ3v) is 4.92. The topological polar surface area (TPSA) is 19.0 Å². The number of halogens is 2. The first-order valence-electron chi connectivity index (χ1n) is 6.21. The Hall–Kier alpha value is -0.510. The molecule has 1 atom stereocenters. The predicted molar refractivity (Wildman–Crippen MR) is 80.5 cm³/mol. The molecule has 0 aliphatic heterocycles. The van der Waals surface area contributed by atoms with Crippen molar-refractivity contribution in [3.05, 3.63) is 32.9 Å². The van der Waals surface area contributed by atoms with Gasteiger partial charge in [-0.25, -0.2) is 0 Å². The van der Waals surface area contributed by atoms with Crippen LogP contribution in [0.3, 0.4) is 0 Å². The third kappa shape index (κ3) is 1.89. The zero-order valence-corrected chi connectivity index (χ0v) is 12.9. The first-order chi connectivity index (χ1) is 8.58. The molecule has 0 fully saturated rings. The maximum atomic E-state index is 6.38. The minimum absolute atomic E-state index is 0.617. The van der Waals surface area contributed by atoms with Crippen LogP contribution in [0.1, 0.15) is 17.7 Å². The maximum absolute atomic E-state index is 6.38. The van der Waals surface area contributed by atoms with E-state index in [4.69, 9.17) is 11.6 Å². The van der Waals surface area contributed by atoms with Crippen LogP contribution in [-0.4, -0.2) is 30.0 Å². The second kappa shape index (κ2) is 4.55. The summed E-state index contributed by atoms with van der Waals surface area (Å²) < 4.78 is 1.10. The van der Waals surface area contributed by atoms with Crippen LogP contribution >= 0.6 is 27.5 Å². The van der Waals surface area contributed by atoms with Crippen LogP contribution in [0.15, 0.2) is 16.6 Å². The molecule has 18 heavy (non-hydrogen) atoms. The molecule has 2 aromatic rings. The van der Waals surface area contributed by atoms with Crippen molar-refractivity contribution in [3.8, 4) is 0 Å². The summed E-state index contributed by atoms with van der Waals surface area (Å²) in [4.78, 5) is 5.85. The average molecular weight is 328 g/mol. The predicted octanol–water partition coefficient (Wildman–Crippen LogP) is 4.00. The van der Waals surface area contributed by atoms with Crippen molar-refractivity contribution in [1.29, 1.82) is 0 Å². The minimum Gasteiger partial charge on any atom is -0.357 e. The lowest BCUT2D eigenvalue weighted by molar-refractivity contribution is 0.268. The third-order valence-electron chi connectivity index (χ3n) is 3.94. The number of aromatic amines is 1. The summed E-state index contributed by atoms with van der Waals surface area (Å²) in [6, 6.07) is 4.60. The van der Waals surface area contributed by atoms with Crippen molar-refractivity contribution in [1.82, 2.24) is 9.88 Å². The van der Waals surface area contributed by atoms with E-state index in [9.17, 15) is 0 Å². The number of likely N-dealkylation sites (N-methyl/N-ethyl adjacent to an activating group) is 1. The van der Waals surface area contributed by atoms with Gasteiger partial charge in [0.1, 0.15) is 0 Å². The number of benzene rings is 1. The van der Waals surface area contributed by atoms with Gasteiger partial charge in [0.2, 0.25) is 0 Å². The number of rotatable bonds is 1. The summed E-state index contributed by atoms with van der Waals surface area (Å²) in [5.74, 6) is 0. The van der Waals surface area contributed by atoms with Crippen LogP contribution in [0, 0.1) is 0 Å². The molecule has 1 aromatic carbocycles. The summed E-state index contributed by atoms with van der Waals surface area (Å²) >= 11 is 9.98. The first-order valence-corrected chi connectivity index (χ1v) is 7.39. The van der Waals surface area contributed by atoms with E-state index in [0.29, 0.717) is 6.04 Å². The highest BCUT2D eigenvalue weighted by Gasteiger charge is 2.25. The highest BCUT2D eigenvalue weighted by Crippen LogP contribution is 2.37. The van der Waals surface area contributed by atoms with E-state index >= 15 is 0 Å². The fraction of sp³-hybridized carbons (Fsp3) is 0.429. The standard InChI is InChI=1S/C14H16BrClN2/c1-18(2)8-3-6-12-9(7-8)13-11(16)5-4-10(15)14(13)17-12/h4-5,8,17H,3,6-7H2,1-2H3. The van der Waals surface area contributed by atoms with Gasteiger partial charge in [0, 0.05) is 21.6 Å². The van der Waals surface area contributed by atoms with Gasteiger partial charge in [-0.1, -0.05) is 11.6 Å². The number of aryl methyl sites for hydroxylation is 1. The summed E-state index contributed by atoms with van der Waals surface area (Å²) in [5.41, 5.74) is 3.91. The van der Waals surface area contributed by atoms with E-state index in [1.54, 1.807) is 0 Å². The van der Waals surface area contributed by atoms with Crippen molar-refractivity contribution < 1.29 is 0 Å². The normalized spacial score (nSPS) is 19.5. The molecule has 2 nitrogen and oxygen atoms in total. The molecular formula is C14H16BrClN2. The fourth-order valence-electron chi connectivity index (χ4n) is 2.87. The zero-order valence-electron chi connectivity index (χ0n) is 10.6. The van der Waals surface area contributed by atoms with E-state index in [2.05, 4.69) is 39.9 Å². The Morgan fingerprint density at radius 2 is 2.17 bits per heavy atom. The van der Waals surface area contributed by atoms with Crippen LogP contribution in [-0.2, 0) is 12.8 Å². The molecule has 0 saturated heterocycles. The summed E-state index contributed by atoms with van der Waals surface area (Å²) in [6.07, 6.45) is 3.40. The Labute approximate surface area is 120 Å². The number of hydrogen-bond acceptors (Lipinski definition) is 1. The number of fused-ring (bicyclic) bond motifs is 3. The molecule has 0 amide bonds. The van der Waals surface area contributed by atoms with Gasteiger partial charge in [0.05, 0.1) is 10.5 Å². The maximum Gasteiger partial charge on any atom is 0.0618 e. The summed E-state index contributed by atoms with van der Waals surface area (Å²) in [6.45, 7) is 0. The van der Waals surface area contributed by atoms with Crippen LogP contribution in [0.2, 0.25) is 5.02 Å². The molecule has 1 aliphatic carbocycles. The number of nitrogens with one attached hydrogen (secondary N) is 1. The molecular weight excluding hydrogens is 312 g/mol. The molecule has 1 aromatic heterocycles. The van der Waals surface area contributed by atoms with E-state index in [-0.39, 0.29) is 0 Å². The van der Waals surface area contributed by atoms with E-state index in [1.807, 2.05) is 12.1 Å². The van der Waals surface area contributed by atoms with E-state index in [0.717, 1.165) is 27.9 Å². The molecule has 0 saturated carbocycles. The van der Waals surface area contributed by atoms with Gasteiger partial charge in [-0.05, 0) is 67.0 Å². The second-order valence-electron chi connectivity index (χ2n) is 5.22. The van der Waals surface area contributed by atoms with Gasteiger partial charge in [-0.15, -0.1) is 0 Å². The number of aromatic nitrogens is 1. The molecule has 96 valence electrons. The van der Waals surface area contributed by atoms with Crippen molar-refractivity contribution >= 4 is 38.4 Å². The number of hydrogen-bond donors (Lipinski definition) is 1. The molecule has 1 heterocycles. The smallest absolute Gasteiger partial charge is 0.0618 e. The molecule has 0 spiro atoms. The minimum atomic E-state index is 0.617. The quantitative estimate of drug-likeness (QED) is 0.838. The number of H-pyrrole nitrogens is 1. The largest absolute Gasteiger partial charge is 0.357 e. The van der Waals surface area contributed by atoms with Crippen LogP contribution in [0.5, 0.6) is 0 Å². The molecule has 1 unspecified atom stereocenters. The Kier molecular flexibility index (Phi) is 3.16. The molecule has 3 rings (SSSR count). The van der Waals surface area contributed by atoms with E-state index in [1.165, 1.54) is 23.1 Å². The Morgan fingerprint density at radius 1 is 1.39 bits per heavy atom. The number of nitrogens with zero attached hydrogens (tertiary/aromatic N) is 1. The van der Waals surface area contributed by atoms with Gasteiger partial charge < -0.3 is 9.88 Å². The Morgan fingerprint density at radius 3 is 2.89 bits per heavy atom. The van der Waals surface area contributed by atoms with E-state index < -0.39 is 0 Å².